The molecule has 0 aromatic carbocycles. The van der Waals surface area contributed by atoms with Crippen LogP contribution in [0.3, 0.4) is 0 Å². The predicted octanol–water partition coefficient (Wildman–Crippen LogP) is 0.604. The summed E-state index contributed by atoms with van der Waals surface area (Å²) in [4.78, 5) is 25.9. The molecule has 1 aliphatic heterocycles. The van der Waals surface area contributed by atoms with E-state index in [1.807, 2.05) is 0 Å². The van der Waals surface area contributed by atoms with Crippen LogP contribution in [0.5, 0.6) is 0 Å². The minimum absolute atomic E-state index is 0.0345. The van der Waals surface area contributed by atoms with Gasteiger partial charge in [-0.1, -0.05) is 20.8 Å². The highest BCUT2D eigenvalue weighted by molar-refractivity contribution is 5.89. The maximum Gasteiger partial charge on any atom is 0.244 e. The van der Waals surface area contributed by atoms with Gasteiger partial charge in [0.15, 0.2) is 0 Å². The Labute approximate surface area is 116 Å². The van der Waals surface area contributed by atoms with E-state index in [2.05, 4.69) is 31.4 Å². The van der Waals surface area contributed by atoms with Crippen molar-refractivity contribution in [2.24, 2.45) is 11.8 Å². The van der Waals surface area contributed by atoms with Gasteiger partial charge in [0.25, 0.3) is 0 Å². The Balaban J connectivity index is 2.66. The number of amides is 2. The molecule has 1 aliphatic rings. The van der Waals surface area contributed by atoms with E-state index in [1.165, 1.54) is 0 Å². The lowest BCUT2D eigenvalue weighted by Gasteiger charge is -2.25. The Morgan fingerprint density at radius 1 is 1.37 bits per heavy atom. The predicted molar refractivity (Wildman–Crippen MR) is 75.7 cm³/mol. The van der Waals surface area contributed by atoms with Crippen LogP contribution in [0.15, 0.2) is 0 Å². The fourth-order valence-electron chi connectivity index (χ4n) is 2.45. The van der Waals surface area contributed by atoms with Crippen molar-refractivity contribution in [1.29, 1.82) is 0 Å². The summed E-state index contributed by atoms with van der Waals surface area (Å²) in [6.45, 7) is 7.04. The summed E-state index contributed by atoms with van der Waals surface area (Å²) in [5, 5.41) is 6.11. The zero-order valence-corrected chi connectivity index (χ0v) is 12.7. The van der Waals surface area contributed by atoms with Crippen molar-refractivity contribution in [1.82, 2.24) is 15.5 Å². The van der Waals surface area contributed by atoms with Gasteiger partial charge in [0.2, 0.25) is 11.8 Å². The van der Waals surface area contributed by atoms with Gasteiger partial charge in [0, 0.05) is 14.1 Å². The third-order valence-corrected chi connectivity index (χ3v) is 3.58. The molecule has 0 radical (unpaired) electrons. The summed E-state index contributed by atoms with van der Waals surface area (Å²) in [7, 11) is 3.44. The second kappa shape index (κ2) is 6.89. The Morgan fingerprint density at radius 2 is 2.00 bits per heavy atom. The fourth-order valence-corrected chi connectivity index (χ4v) is 2.45. The van der Waals surface area contributed by atoms with Crippen LogP contribution < -0.4 is 10.6 Å². The highest BCUT2D eigenvalue weighted by Gasteiger charge is 2.32. The zero-order valence-electron chi connectivity index (χ0n) is 12.7. The lowest BCUT2D eigenvalue weighted by Crippen LogP contribution is -2.52. The Bertz CT molecular complexity index is 329. The summed E-state index contributed by atoms with van der Waals surface area (Å²) in [6, 6.07) is -0.582. The summed E-state index contributed by atoms with van der Waals surface area (Å²) < 4.78 is 0. The van der Waals surface area contributed by atoms with Crippen molar-refractivity contribution in [2.75, 3.05) is 20.6 Å². The van der Waals surface area contributed by atoms with Crippen LogP contribution in [0.4, 0.5) is 0 Å². The lowest BCUT2D eigenvalue weighted by atomic mass is 9.99. The smallest absolute Gasteiger partial charge is 0.244 e. The molecule has 19 heavy (non-hydrogen) atoms. The van der Waals surface area contributed by atoms with Crippen molar-refractivity contribution in [3.63, 3.8) is 0 Å². The van der Waals surface area contributed by atoms with E-state index in [4.69, 9.17) is 0 Å². The maximum atomic E-state index is 12.2. The van der Waals surface area contributed by atoms with E-state index in [0.717, 1.165) is 13.0 Å². The Hall–Kier alpha value is -1.10. The molecule has 2 amide bonds. The molecule has 5 heteroatoms. The molecule has 1 fully saturated rings. The molecule has 0 spiro atoms. The first-order valence-electron chi connectivity index (χ1n) is 7.07. The monoisotopic (exact) mass is 269 g/mol. The number of carbonyl (C=O) groups excluding carboxylic acids is 2. The van der Waals surface area contributed by atoms with Crippen molar-refractivity contribution in [3.05, 3.63) is 0 Å². The molecule has 0 aliphatic carbocycles. The number of nitrogens with zero attached hydrogens (tertiary/aromatic N) is 1. The number of hydrogen-bond acceptors (Lipinski definition) is 3. The van der Waals surface area contributed by atoms with Crippen LogP contribution in [-0.2, 0) is 9.59 Å². The molecule has 1 saturated heterocycles. The largest absolute Gasteiger partial charge is 0.347 e. The second-order valence-electron chi connectivity index (χ2n) is 6.12. The maximum absolute atomic E-state index is 12.2. The highest BCUT2D eigenvalue weighted by Crippen LogP contribution is 2.15. The molecule has 0 bridgehead atoms. The van der Waals surface area contributed by atoms with Crippen molar-refractivity contribution >= 4 is 11.8 Å². The van der Waals surface area contributed by atoms with Gasteiger partial charge in [-0.25, -0.2) is 0 Å². The van der Waals surface area contributed by atoms with Gasteiger partial charge in [-0.2, -0.15) is 0 Å². The Kier molecular flexibility index (Phi) is 5.79. The molecule has 3 unspecified atom stereocenters. The number of nitrogens with one attached hydrogen (secondary N) is 2. The van der Waals surface area contributed by atoms with Gasteiger partial charge in [-0.3, -0.25) is 9.59 Å². The highest BCUT2D eigenvalue weighted by atomic mass is 16.2. The van der Waals surface area contributed by atoms with Gasteiger partial charge in [-0.15, -0.1) is 0 Å². The topological polar surface area (TPSA) is 61.4 Å². The minimum Gasteiger partial charge on any atom is -0.347 e. The standard InChI is InChI=1S/C14H27N3O2/c1-9(2)8-11(14(19)17(4)5)16-13(18)12-10(3)6-7-15-12/h9-12,15H,6-8H2,1-5H3,(H,16,18). The van der Waals surface area contributed by atoms with E-state index in [0.29, 0.717) is 18.3 Å². The van der Waals surface area contributed by atoms with Gasteiger partial charge >= 0.3 is 0 Å². The van der Waals surface area contributed by atoms with Crippen LogP contribution >= 0.6 is 0 Å². The molecular weight excluding hydrogens is 242 g/mol. The van der Waals surface area contributed by atoms with Crippen LogP contribution in [0.1, 0.15) is 33.6 Å². The van der Waals surface area contributed by atoms with Gasteiger partial charge in [0.05, 0.1) is 6.04 Å². The van der Waals surface area contributed by atoms with E-state index in [-0.39, 0.29) is 17.9 Å². The first-order chi connectivity index (χ1) is 8.82. The number of likely N-dealkylation sites (N-methyl/N-ethyl adjacent to an activating group) is 1. The second-order valence-corrected chi connectivity index (χ2v) is 6.12. The average molecular weight is 269 g/mol. The zero-order chi connectivity index (χ0) is 14.6. The quantitative estimate of drug-likeness (QED) is 0.768. The number of rotatable bonds is 5. The normalized spacial score (nSPS) is 24.3. The summed E-state index contributed by atoms with van der Waals surface area (Å²) >= 11 is 0. The molecule has 0 aromatic heterocycles. The van der Waals surface area contributed by atoms with E-state index in [1.54, 1.807) is 19.0 Å². The summed E-state index contributed by atoms with van der Waals surface area (Å²) in [6.07, 6.45) is 1.68. The third kappa shape index (κ3) is 4.49. The van der Waals surface area contributed by atoms with Crippen LogP contribution in [0.2, 0.25) is 0 Å². The molecule has 1 heterocycles. The Morgan fingerprint density at radius 3 is 2.42 bits per heavy atom. The van der Waals surface area contributed by atoms with Crippen LogP contribution in [0.25, 0.3) is 0 Å². The van der Waals surface area contributed by atoms with Crippen LogP contribution in [0, 0.1) is 11.8 Å². The van der Waals surface area contributed by atoms with Crippen molar-refractivity contribution < 1.29 is 9.59 Å². The van der Waals surface area contributed by atoms with E-state index >= 15 is 0 Å². The van der Waals surface area contributed by atoms with E-state index in [9.17, 15) is 9.59 Å². The molecule has 2 N–H and O–H groups in total. The molecule has 3 atom stereocenters. The molecule has 0 aromatic rings. The number of hydrogen-bond donors (Lipinski definition) is 2. The molecular formula is C14H27N3O2. The van der Waals surface area contributed by atoms with Crippen LogP contribution in [-0.4, -0.2) is 49.4 Å². The van der Waals surface area contributed by atoms with Gasteiger partial charge < -0.3 is 15.5 Å². The average Bonchev–Trinajstić information content (AvgIpc) is 2.72. The van der Waals surface area contributed by atoms with Gasteiger partial charge in [-0.05, 0) is 31.2 Å². The molecule has 5 nitrogen and oxygen atoms in total. The van der Waals surface area contributed by atoms with Crippen molar-refractivity contribution in [3.8, 4) is 0 Å². The summed E-state index contributed by atoms with van der Waals surface area (Å²) in [5.74, 6) is 0.607. The van der Waals surface area contributed by atoms with E-state index < -0.39 is 6.04 Å². The molecule has 0 saturated carbocycles. The lowest BCUT2D eigenvalue weighted by molar-refractivity contribution is -0.135. The first-order valence-corrected chi connectivity index (χ1v) is 7.07. The fraction of sp³-hybridized carbons (Fsp3) is 0.857. The third-order valence-electron chi connectivity index (χ3n) is 3.58. The first kappa shape index (κ1) is 16.0. The van der Waals surface area contributed by atoms with Gasteiger partial charge in [0.1, 0.15) is 6.04 Å². The SMILES string of the molecule is CC(C)CC(NC(=O)C1NCCC1C)C(=O)N(C)C. The summed E-state index contributed by atoms with van der Waals surface area (Å²) in [5.41, 5.74) is 0. The molecule has 1 rings (SSSR count). The molecule has 110 valence electrons. The van der Waals surface area contributed by atoms with Crippen molar-refractivity contribution in [2.45, 2.75) is 45.7 Å². The minimum atomic E-state index is -0.419. The number of carbonyl (C=O) groups is 2.